The van der Waals surface area contributed by atoms with Gasteiger partial charge in [-0.3, -0.25) is 0 Å². The summed E-state index contributed by atoms with van der Waals surface area (Å²) in [6.07, 6.45) is 1.59. The highest BCUT2D eigenvalue weighted by atomic mass is 35.5. The maximum Gasteiger partial charge on any atom is 0.137 e. The number of hydrogen-bond acceptors (Lipinski definition) is 2. The molecule has 102 valence electrons. The van der Waals surface area contributed by atoms with Gasteiger partial charge in [0, 0.05) is 30.9 Å². The molecule has 0 amide bonds. The summed E-state index contributed by atoms with van der Waals surface area (Å²) in [5.74, 6) is 6.94. The van der Waals surface area contributed by atoms with Gasteiger partial charge in [0.25, 0.3) is 0 Å². The molecule has 1 fully saturated rings. The molecule has 19 heavy (non-hydrogen) atoms. The normalized spacial score (nSPS) is 17.9. The Kier molecular flexibility index (Phi) is 5.50. The van der Waals surface area contributed by atoms with Crippen molar-refractivity contribution in [3.05, 3.63) is 29.6 Å². The molecule has 1 aliphatic rings. The fourth-order valence-corrected chi connectivity index (χ4v) is 1.94. The number of ether oxygens (including phenoxy) is 2. The van der Waals surface area contributed by atoms with Crippen molar-refractivity contribution in [3.63, 3.8) is 0 Å². The van der Waals surface area contributed by atoms with Crippen LogP contribution in [0.25, 0.3) is 0 Å². The molecular weight excluding hydrogens is 267 g/mol. The molecule has 1 aromatic carbocycles. The summed E-state index contributed by atoms with van der Waals surface area (Å²) >= 11 is 5.57. The second kappa shape index (κ2) is 7.37. The summed E-state index contributed by atoms with van der Waals surface area (Å²) in [4.78, 5) is 0. The van der Waals surface area contributed by atoms with E-state index in [0.29, 0.717) is 42.7 Å². The van der Waals surface area contributed by atoms with E-state index < -0.39 is 0 Å². The minimum Gasteiger partial charge on any atom is -0.492 e. The van der Waals surface area contributed by atoms with Crippen molar-refractivity contribution in [2.45, 2.75) is 12.8 Å². The van der Waals surface area contributed by atoms with Gasteiger partial charge >= 0.3 is 0 Å². The molecule has 0 aromatic heterocycles. The van der Waals surface area contributed by atoms with Crippen LogP contribution in [0.2, 0.25) is 0 Å². The zero-order valence-electron chi connectivity index (χ0n) is 10.6. The third-order valence-electron chi connectivity index (χ3n) is 2.88. The van der Waals surface area contributed by atoms with E-state index >= 15 is 0 Å². The average molecular weight is 283 g/mol. The van der Waals surface area contributed by atoms with Crippen LogP contribution in [0.15, 0.2) is 18.2 Å². The SMILES string of the molecule is Fc1ccc(C#CCCCl)c(OCC2CCOC2)c1. The van der Waals surface area contributed by atoms with Gasteiger partial charge in [-0.15, -0.1) is 11.6 Å². The topological polar surface area (TPSA) is 18.5 Å². The van der Waals surface area contributed by atoms with Gasteiger partial charge in [-0.1, -0.05) is 11.8 Å². The monoisotopic (exact) mass is 282 g/mol. The summed E-state index contributed by atoms with van der Waals surface area (Å²) in [6.45, 7) is 2.02. The van der Waals surface area contributed by atoms with E-state index in [9.17, 15) is 4.39 Å². The van der Waals surface area contributed by atoms with Gasteiger partial charge in [0.2, 0.25) is 0 Å². The molecule has 0 saturated carbocycles. The smallest absolute Gasteiger partial charge is 0.137 e. The Morgan fingerprint density at radius 1 is 1.47 bits per heavy atom. The zero-order valence-corrected chi connectivity index (χ0v) is 11.4. The first-order chi connectivity index (χ1) is 9.29. The second-order valence-corrected chi connectivity index (χ2v) is 4.80. The van der Waals surface area contributed by atoms with Crippen LogP contribution in [0.4, 0.5) is 4.39 Å². The van der Waals surface area contributed by atoms with Crippen molar-refractivity contribution in [2.24, 2.45) is 5.92 Å². The molecule has 1 atom stereocenters. The highest BCUT2D eigenvalue weighted by molar-refractivity contribution is 6.18. The van der Waals surface area contributed by atoms with Crippen molar-refractivity contribution < 1.29 is 13.9 Å². The predicted octanol–water partition coefficient (Wildman–Crippen LogP) is 3.22. The number of rotatable bonds is 4. The lowest BCUT2D eigenvalue weighted by atomic mass is 10.1. The maximum atomic E-state index is 13.3. The van der Waals surface area contributed by atoms with Gasteiger partial charge in [0.1, 0.15) is 11.6 Å². The number of benzene rings is 1. The summed E-state index contributed by atoms with van der Waals surface area (Å²) in [7, 11) is 0. The standard InChI is InChI=1S/C15H16ClFO2/c16-7-2-1-3-13-4-5-14(17)9-15(13)19-11-12-6-8-18-10-12/h4-5,9,12H,2,6-8,10-11H2. The van der Waals surface area contributed by atoms with E-state index in [1.165, 1.54) is 12.1 Å². The molecule has 0 bridgehead atoms. The summed E-state index contributed by atoms with van der Waals surface area (Å²) in [6, 6.07) is 4.40. The van der Waals surface area contributed by atoms with Crippen LogP contribution in [-0.4, -0.2) is 25.7 Å². The summed E-state index contributed by atoms with van der Waals surface area (Å²) < 4.78 is 24.2. The molecule has 1 aromatic rings. The first-order valence-corrected chi connectivity index (χ1v) is 6.88. The molecule has 0 aliphatic carbocycles. The van der Waals surface area contributed by atoms with Crippen LogP contribution in [0.3, 0.4) is 0 Å². The van der Waals surface area contributed by atoms with E-state index in [1.54, 1.807) is 6.07 Å². The lowest BCUT2D eigenvalue weighted by Gasteiger charge is -2.11. The molecule has 1 aliphatic heterocycles. The fourth-order valence-electron chi connectivity index (χ4n) is 1.85. The highest BCUT2D eigenvalue weighted by Gasteiger charge is 2.16. The Balaban J connectivity index is 2.04. The van der Waals surface area contributed by atoms with E-state index in [-0.39, 0.29) is 5.82 Å². The Hall–Kier alpha value is -1.24. The number of hydrogen-bond donors (Lipinski definition) is 0. The number of halogens is 2. The first-order valence-electron chi connectivity index (χ1n) is 6.34. The van der Waals surface area contributed by atoms with Gasteiger partial charge in [0.05, 0.1) is 18.8 Å². The lowest BCUT2D eigenvalue weighted by Crippen LogP contribution is -2.12. The molecule has 1 unspecified atom stereocenters. The third-order valence-corrected chi connectivity index (χ3v) is 3.07. The lowest BCUT2D eigenvalue weighted by molar-refractivity contribution is 0.167. The van der Waals surface area contributed by atoms with E-state index in [0.717, 1.165) is 13.0 Å². The molecule has 0 spiro atoms. The number of alkyl halides is 1. The van der Waals surface area contributed by atoms with Crippen molar-refractivity contribution in [1.29, 1.82) is 0 Å². The molecule has 0 radical (unpaired) electrons. The molecule has 0 N–H and O–H groups in total. The van der Waals surface area contributed by atoms with E-state index in [1.807, 2.05) is 0 Å². The van der Waals surface area contributed by atoms with Gasteiger partial charge in [-0.25, -0.2) is 4.39 Å². The molecular formula is C15H16ClFO2. The minimum atomic E-state index is -0.319. The van der Waals surface area contributed by atoms with Crippen LogP contribution in [0.5, 0.6) is 5.75 Å². The zero-order chi connectivity index (χ0) is 13.5. The molecule has 4 heteroatoms. The van der Waals surface area contributed by atoms with Gasteiger partial charge in [-0.05, 0) is 18.6 Å². The maximum absolute atomic E-state index is 13.3. The quantitative estimate of drug-likeness (QED) is 0.624. The first kappa shape index (κ1) is 14.2. The summed E-state index contributed by atoms with van der Waals surface area (Å²) in [5.41, 5.74) is 0.699. The van der Waals surface area contributed by atoms with Crippen LogP contribution in [-0.2, 0) is 4.74 Å². The minimum absolute atomic E-state index is 0.319. The third kappa shape index (κ3) is 4.41. The van der Waals surface area contributed by atoms with E-state index in [2.05, 4.69) is 11.8 Å². The van der Waals surface area contributed by atoms with Crippen LogP contribution in [0, 0.1) is 23.6 Å². The van der Waals surface area contributed by atoms with Gasteiger partial charge in [-0.2, -0.15) is 0 Å². The molecule has 2 rings (SSSR count). The molecule has 1 heterocycles. The van der Waals surface area contributed by atoms with Crippen molar-refractivity contribution in [1.82, 2.24) is 0 Å². The molecule has 2 nitrogen and oxygen atoms in total. The Morgan fingerprint density at radius 2 is 2.37 bits per heavy atom. The summed E-state index contributed by atoms with van der Waals surface area (Å²) in [5, 5.41) is 0. The van der Waals surface area contributed by atoms with Gasteiger partial charge in [0.15, 0.2) is 0 Å². The largest absolute Gasteiger partial charge is 0.492 e. The Morgan fingerprint density at radius 3 is 3.11 bits per heavy atom. The van der Waals surface area contributed by atoms with Crippen molar-refractivity contribution in [2.75, 3.05) is 25.7 Å². The molecule has 1 saturated heterocycles. The fraction of sp³-hybridized carbons (Fsp3) is 0.467. The Labute approximate surface area is 117 Å². The average Bonchev–Trinajstić information content (AvgIpc) is 2.92. The van der Waals surface area contributed by atoms with Crippen LogP contribution < -0.4 is 4.74 Å². The van der Waals surface area contributed by atoms with E-state index in [4.69, 9.17) is 21.1 Å². The van der Waals surface area contributed by atoms with Gasteiger partial charge < -0.3 is 9.47 Å². The van der Waals surface area contributed by atoms with Crippen LogP contribution >= 0.6 is 11.6 Å². The van der Waals surface area contributed by atoms with Crippen LogP contribution in [0.1, 0.15) is 18.4 Å². The predicted molar refractivity (Wildman–Crippen MR) is 73.0 cm³/mol. The van der Waals surface area contributed by atoms with Crippen molar-refractivity contribution in [3.8, 4) is 17.6 Å². The highest BCUT2D eigenvalue weighted by Crippen LogP contribution is 2.21. The Bertz CT molecular complexity index is 473. The second-order valence-electron chi connectivity index (χ2n) is 4.42. The van der Waals surface area contributed by atoms with Crippen molar-refractivity contribution >= 4 is 11.6 Å².